The van der Waals surface area contributed by atoms with Crippen LogP contribution in [0.15, 0.2) is 36.5 Å². The molecule has 1 N–H and O–H groups in total. The standard InChI is InChI=1S/C13H13ClN2O2/c1-13(2,12(17)18)11-7-8-16(15-11)10-5-3-9(14)4-6-10/h3-8H,1-2H3,(H,17,18). The van der Waals surface area contributed by atoms with E-state index in [1.807, 2.05) is 12.1 Å². The van der Waals surface area contributed by atoms with E-state index in [4.69, 9.17) is 16.7 Å². The number of benzene rings is 1. The zero-order valence-electron chi connectivity index (χ0n) is 10.1. The lowest BCUT2D eigenvalue weighted by atomic mass is 9.90. The molecular formula is C13H13ClN2O2. The van der Waals surface area contributed by atoms with Gasteiger partial charge in [-0.2, -0.15) is 5.10 Å². The fourth-order valence-corrected chi connectivity index (χ4v) is 1.63. The summed E-state index contributed by atoms with van der Waals surface area (Å²) in [6.07, 6.45) is 1.74. The number of nitrogens with zero attached hydrogens (tertiary/aromatic N) is 2. The van der Waals surface area contributed by atoms with E-state index in [-0.39, 0.29) is 0 Å². The summed E-state index contributed by atoms with van der Waals surface area (Å²) < 4.78 is 1.64. The van der Waals surface area contributed by atoms with E-state index in [2.05, 4.69) is 5.10 Å². The third-order valence-electron chi connectivity index (χ3n) is 2.86. The van der Waals surface area contributed by atoms with Crippen LogP contribution in [0.2, 0.25) is 5.02 Å². The van der Waals surface area contributed by atoms with Crippen LogP contribution in [0.1, 0.15) is 19.5 Å². The molecule has 0 aliphatic heterocycles. The fraction of sp³-hybridized carbons (Fsp3) is 0.231. The molecule has 94 valence electrons. The normalized spacial score (nSPS) is 11.5. The third kappa shape index (κ3) is 2.24. The SMILES string of the molecule is CC(C)(C(=O)O)c1ccn(-c2ccc(Cl)cc2)n1. The topological polar surface area (TPSA) is 55.1 Å². The molecule has 1 aromatic carbocycles. The Morgan fingerprint density at radius 3 is 2.44 bits per heavy atom. The minimum atomic E-state index is -1.00. The Bertz CT molecular complexity index is 573. The van der Waals surface area contributed by atoms with Gasteiger partial charge < -0.3 is 5.11 Å². The molecule has 0 saturated carbocycles. The summed E-state index contributed by atoms with van der Waals surface area (Å²) in [4.78, 5) is 11.1. The van der Waals surface area contributed by atoms with Crippen LogP contribution in [0.5, 0.6) is 0 Å². The smallest absolute Gasteiger partial charge is 0.315 e. The molecule has 2 rings (SSSR count). The van der Waals surface area contributed by atoms with Gasteiger partial charge in [0.2, 0.25) is 0 Å². The van der Waals surface area contributed by atoms with Crippen LogP contribution >= 0.6 is 11.6 Å². The number of hydrogen-bond acceptors (Lipinski definition) is 2. The van der Waals surface area contributed by atoms with Gasteiger partial charge in [-0.05, 0) is 44.2 Å². The average molecular weight is 265 g/mol. The minimum Gasteiger partial charge on any atom is -0.481 e. The first-order valence-electron chi connectivity index (χ1n) is 5.47. The van der Waals surface area contributed by atoms with Gasteiger partial charge in [-0.1, -0.05) is 11.6 Å². The van der Waals surface area contributed by atoms with Gasteiger partial charge in [-0.15, -0.1) is 0 Å². The summed E-state index contributed by atoms with van der Waals surface area (Å²) in [5.41, 5.74) is 0.356. The first kappa shape index (κ1) is 12.6. The maximum atomic E-state index is 11.1. The van der Waals surface area contributed by atoms with Gasteiger partial charge in [0.05, 0.1) is 11.4 Å². The second-order valence-corrected chi connectivity index (χ2v) is 4.99. The van der Waals surface area contributed by atoms with Crippen molar-refractivity contribution in [1.29, 1.82) is 0 Å². The molecule has 1 heterocycles. The van der Waals surface area contributed by atoms with Crippen molar-refractivity contribution >= 4 is 17.6 Å². The highest BCUT2D eigenvalue weighted by molar-refractivity contribution is 6.30. The lowest BCUT2D eigenvalue weighted by Crippen LogP contribution is -2.29. The molecule has 4 nitrogen and oxygen atoms in total. The van der Waals surface area contributed by atoms with E-state index in [1.165, 1.54) is 0 Å². The molecule has 0 fully saturated rings. The number of carbonyl (C=O) groups is 1. The number of rotatable bonds is 3. The maximum absolute atomic E-state index is 11.1. The highest BCUT2D eigenvalue weighted by Gasteiger charge is 2.31. The first-order chi connectivity index (χ1) is 8.41. The van der Waals surface area contributed by atoms with E-state index >= 15 is 0 Å². The summed E-state index contributed by atoms with van der Waals surface area (Å²) >= 11 is 5.81. The molecule has 0 radical (unpaired) electrons. The molecule has 0 amide bonds. The van der Waals surface area contributed by atoms with Crippen LogP contribution in [-0.4, -0.2) is 20.9 Å². The van der Waals surface area contributed by atoms with Crippen LogP contribution < -0.4 is 0 Å². The highest BCUT2D eigenvalue weighted by Crippen LogP contribution is 2.22. The Kier molecular flexibility index (Phi) is 3.13. The second kappa shape index (κ2) is 4.46. The van der Waals surface area contributed by atoms with E-state index in [1.54, 1.807) is 42.9 Å². The van der Waals surface area contributed by atoms with Crippen molar-refractivity contribution in [2.45, 2.75) is 19.3 Å². The van der Waals surface area contributed by atoms with Crippen molar-refractivity contribution in [3.63, 3.8) is 0 Å². The van der Waals surface area contributed by atoms with Crippen LogP contribution in [-0.2, 0) is 10.2 Å². The molecule has 0 bridgehead atoms. The van der Waals surface area contributed by atoms with Gasteiger partial charge in [0, 0.05) is 11.2 Å². The molecule has 0 aliphatic rings. The van der Waals surface area contributed by atoms with Crippen LogP contribution in [0.4, 0.5) is 0 Å². The van der Waals surface area contributed by atoms with Crippen molar-refractivity contribution < 1.29 is 9.90 Å². The van der Waals surface area contributed by atoms with Crippen LogP contribution in [0, 0.1) is 0 Å². The van der Waals surface area contributed by atoms with E-state index in [0.717, 1.165) is 5.69 Å². The largest absolute Gasteiger partial charge is 0.481 e. The Balaban J connectivity index is 2.37. The number of hydrogen-bond donors (Lipinski definition) is 1. The zero-order valence-corrected chi connectivity index (χ0v) is 10.8. The summed E-state index contributed by atoms with van der Waals surface area (Å²) in [5.74, 6) is -0.899. The second-order valence-electron chi connectivity index (χ2n) is 4.55. The Hall–Kier alpha value is -1.81. The first-order valence-corrected chi connectivity index (χ1v) is 5.84. The highest BCUT2D eigenvalue weighted by atomic mass is 35.5. The lowest BCUT2D eigenvalue weighted by Gasteiger charge is -2.15. The minimum absolute atomic E-state index is 0.518. The predicted molar refractivity (Wildman–Crippen MR) is 69.2 cm³/mol. The van der Waals surface area contributed by atoms with E-state index in [9.17, 15) is 4.79 Å². The molecule has 0 aliphatic carbocycles. The van der Waals surface area contributed by atoms with Crippen molar-refractivity contribution in [2.24, 2.45) is 0 Å². The molecule has 5 heteroatoms. The number of carboxylic acid groups (broad SMARTS) is 1. The summed E-state index contributed by atoms with van der Waals surface area (Å²) in [5, 5.41) is 14.1. The number of halogens is 1. The van der Waals surface area contributed by atoms with Gasteiger partial charge in [-0.3, -0.25) is 4.79 Å². The zero-order chi connectivity index (χ0) is 13.3. The lowest BCUT2D eigenvalue weighted by molar-refractivity contribution is -0.142. The fourth-order valence-electron chi connectivity index (χ4n) is 1.50. The Morgan fingerprint density at radius 1 is 1.28 bits per heavy atom. The summed E-state index contributed by atoms with van der Waals surface area (Å²) in [6.45, 7) is 3.26. The van der Waals surface area contributed by atoms with Gasteiger partial charge in [0.25, 0.3) is 0 Å². The van der Waals surface area contributed by atoms with Crippen molar-refractivity contribution in [3.8, 4) is 5.69 Å². The van der Waals surface area contributed by atoms with Gasteiger partial charge in [0.1, 0.15) is 5.41 Å². The number of carboxylic acids is 1. The molecule has 0 atom stereocenters. The Labute approximate surface area is 110 Å². The van der Waals surface area contributed by atoms with E-state index in [0.29, 0.717) is 10.7 Å². The van der Waals surface area contributed by atoms with E-state index < -0.39 is 11.4 Å². The Morgan fingerprint density at radius 2 is 1.89 bits per heavy atom. The van der Waals surface area contributed by atoms with Crippen LogP contribution in [0.25, 0.3) is 5.69 Å². The van der Waals surface area contributed by atoms with Crippen molar-refractivity contribution in [2.75, 3.05) is 0 Å². The maximum Gasteiger partial charge on any atom is 0.315 e. The predicted octanol–water partition coefficient (Wildman–Crippen LogP) is 2.89. The van der Waals surface area contributed by atoms with Crippen molar-refractivity contribution in [1.82, 2.24) is 9.78 Å². The molecule has 2 aromatic rings. The molecule has 0 unspecified atom stereocenters. The average Bonchev–Trinajstić information content (AvgIpc) is 2.79. The van der Waals surface area contributed by atoms with Gasteiger partial charge in [0.15, 0.2) is 0 Å². The monoisotopic (exact) mass is 264 g/mol. The quantitative estimate of drug-likeness (QED) is 0.927. The number of aliphatic carboxylic acids is 1. The summed E-state index contributed by atoms with van der Waals surface area (Å²) in [6, 6.07) is 8.89. The van der Waals surface area contributed by atoms with Crippen molar-refractivity contribution in [3.05, 3.63) is 47.2 Å². The summed E-state index contributed by atoms with van der Waals surface area (Å²) in [7, 11) is 0. The van der Waals surface area contributed by atoms with Gasteiger partial charge >= 0.3 is 5.97 Å². The molecule has 0 spiro atoms. The molecule has 1 aromatic heterocycles. The number of aromatic nitrogens is 2. The van der Waals surface area contributed by atoms with Gasteiger partial charge in [-0.25, -0.2) is 4.68 Å². The molecule has 0 saturated heterocycles. The molecule has 18 heavy (non-hydrogen) atoms. The molecular weight excluding hydrogens is 252 g/mol. The van der Waals surface area contributed by atoms with Crippen LogP contribution in [0.3, 0.4) is 0 Å². The third-order valence-corrected chi connectivity index (χ3v) is 3.11.